The highest BCUT2D eigenvalue weighted by Gasteiger charge is 2.45. The second-order valence-corrected chi connectivity index (χ2v) is 14.9. The number of ether oxygens (including phenoxy) is 1. The van der Waals surface area contributed by atoms with Crippen LogP contribution in [0.4, 0.5) is 26.4 Å². The number of carbonyl (C=O) groups is 1. The van der Waals surface area contributed by atoms with Crippen molar-refractivity contribution < 1.29 is 18.3 Å². The fourth-order valence-electron chi connectivity index (χ4n) is 8.85. The van der Waals surface area contributed by atoms with Crippen molar-refractivity contribution in [2.45, 2.75) is 56.6 Å². The molecule has 15 nitrogen and oxygen atoms in total. The monoisotopic (exact) mass is 747 g/mol. The molecule has 5 atom stereocenters. The molecule has 2 unspecified atom stereocenters. The molecule has 3 fully saturated rings. The number of aromatic nitrogens is 8. The van der Waals surface area contributed by atoms with Crippen LogP contribution in [0.25, 0.3) is 39.0 Å². The first-order chi connectivity index (χ1) is 26.7. The number of imidazole rings is 1. The molecule has 1 aromatic carbocycles. The molecular weight excluding hydrogens is 709 g/mol. The van der Waals surface area contributed by atoms with Crippen LogP contribution in [0.3, 0.4) is 0 Å². The van der Waals surface area contributed by atoms with E-state index in [4.69, 9.17) is 24.7 Å². The molecule has 10 rings (SSSR count). The zero-order valence-corrected chi connectivity index (χ0v) is 30.5. The zero-order valence-electron chi connectivity index (χ0n) is 30.5. The van der Waals surface area contributed by atoms with Crippen LogP contribution in [-0.2, 0) is 16.1 Å². The van der Waals surface area contributed by atoms with E-state index in [1.165, 1.54) is 23.0 Å². The van der Waals surface area contributed by atoms with E-state index in [9.17, 15) is 4.79 Å². The van der Waals surface area contributed by atoms with Gasteiger partial charge in [0.05, 0.1) is 47.2 Å². The maximum Gasteiger partial charge on any atom is 0.245 e. The number of likely N-dealkylation sites (N-methyl/N-ethyl adjacent to an activating group) is 1. The van der Waals surface area contributed by atoms with E-state index in [1.807, 2.05) is 34.6 Å². The molecule has 2 N–H and O–H groups in total. The third-order valence-electron chi connectivity index (χ3n) is 11.5. The Kier molecular flexibility index (Phi) is 7.92. The molecule has 1 amide bonds. The van der Waals surface area contributed by atoms with Crippen LogP contribution in [0.15, 0.2) is 55.0 Å². The Balaban J connectivity index is 1.10. The summed E-state index contributed by atoms with van der Waals surface area (Å²) in [5.74, 6) is 1.29. The summed E-state index contributed by atoms with van der Waals surface area (Å²) in [6.45, 7) is 4.55. The number of hydrogen-bond donors (Lipinski definition) is 2. The minimum absolute atomic E-state index is 0.108. The largest absolute Gasteiger partial charge is 0.378 e. The van der Waals surface area contributed by atoms with Crippen LogP contribution >= 0.6 is 0 Å². The van der Waals surface area contributed by atoms with Crippen LogP contribution in [-0.4, -0.2) is 121 Å². The molecule has 5 aromatic heterocycles. The van der Waals surface area contributed by atoms with Gasteiger partial charge in [-0.3, -0.25) is 9.78 Å². The lowest BCUT2D eigenvalue weighted by Crippen LogP contribution is -2.68. The number of methoxy groups -OCH3 is 1. The van der Waals surface area contributed by atoms with Crippen LogP contribution in [0.2, 0.25) is 0 Å². The van der Waals surface area contributed by atoms with Crippen molar-refractivity contribution in [3.63, 3.8) is 0 Å². The summed E-state index contributed by atoms with van der Waals surface area (Å²) in [5, 5.41) is 12.3. The number of rotatable bonds is 4. The number of fused-ring (bicyclic) bond motifs is 8. The molecule has 6 aromatic rings. The number of nitrogens with zero attached hydrogens (tertiary/aromatic N) is 11. The highest BCUT2D eigenvalue weighted by molar-refractivity contribution is 5.94. The summed E-state index contributed by atoms with van der Waals surface area (Å²) in [6, 6.07) is 9.68. The van der Waals surface area contributed by atoms with Gasteiger partial charge >= 0.3 is 0 Å². The molecule has 0 radical (unpaired) electrons. The van der Waals surface area contributed by atoms with Crippen molar-refractivity contribution in [2.24, 2.45) is 0 Å². The van der Waals surface area contributed by atoms with E-state index in [2.05, 4.69) is 25.6 Å². The van der Waals surface area contributed by atoms with Crippen molar-refractivity contribution in [2.75, 3.05) is 55.5 Å². The fourth-order valence-corrected chi connectivity index (χ4v) is 8.85. The summed E-state index contributed by atoms with van der Waals surface area (Å²) in [6.07, 6.45) is 5.36. The van der Waals surface area contributed by atoms with Gasteiger partial charge in [-0.15, -0.1) is 0 Å². The summed E-state index contributed by atoms with van der Waals surface area (Å²) in [7, 11) is 3.41. The fraction of sp³-hybridized carbons (Fsp3) is 0.395. The molecule has 4 aliphatic rings. The van der Waals surface area contributed by atoms with Gasteiger partial charge in [0.15, 0.2) is 11.5 Å². The zero-order chi connectivity index (χ0) is 37.5. The standard InChI is InChI=1S/C38H39F2N13O2/c1-20-44-30-10-21(39)9-26-29-5-4-6-33(46-29)45-22-11-32(37(54)49(2)18-25(55-3)19-50(20)34(26)30)51(17-22)35-27-15-43-53(31-7-8-41-16-28(31)40)36(27)48-38(47-35)52-23-12-24(52)14-42-13-23/h4-10,15-16,22-25,32,42H,11-14,17-19H2,1-3H3,(H,45,46)/t22-,23?,24?,25-,32-/m0/s1. The van der Waals surface area contributed by atoms with Gasteiger partial charge in [-0.2, -0.15) is 15.1 Å². The number of piperidine rings is 1. The molecule has 0 aliphatic carbocycles. The third kappa shape index (κ3) is 5.54. The molecule has 282 valence electrons. The average Bonchev–Trinajstić information content (AvgIpc) is 3.88. The Morgan fingerprint density at radius 1 is 0.964 bits per heavy atom. The number of carbonyl (C=O) groups excluding carboxylic acids is 1. The van der Waals surface area contributed by atoms with E-state index in [-0.39, 0.29) is 36.3 Å². The quantitative estimate of drug-likeness (QED) is 0.273. The lowest BCUT2D eigenvalue weighted by molar-refractivity contribution is -0.132. The van der Waals surface area contributed by atoms with Crippen molar-refractivity contribution >= 4 is 45.6 Å². The number of benzene rings is 1. The molecule has 55 heavy (non-hydrogen) atoms. The van der Waals surface area contributed by atoms with Crippen molar-refractivity contribution in [3.8, 4) is 16.9 Å². The number of nitrogens with one attached hydrogen (secondary N) is 2. The van der Waals surface area contributed by atoms with Gasteiger partial charge in [0.1, 0.15) is 35.0 Å². The highest BCUT2D eigenvalue weighted by atomic mass is 19.1. The number of anilines is 3. The van der Waals surface area contributed by atoms with Gasteiger partial charge < -0.3 is 34.6 Å². The molecular formula is C38H39F2N13O2. The van der Waals surface area contributed by atoms with E-state index in [1.54, 1.807) is 31.3 Å². The van der Waals surface area contributed by atoms with Crippen LogP contribution in [0.5, 0.6) is 0 Å². The van der Waals surface area contributed by atoms with Gasteiger partial charge in [-0.05, 0) is 44.0 Å². The number of piperazine rings is 1. The summed E-state index contributed by atoms with van der Waals surface area (Å²) in [4.78, 5) is 44.5. The van der Waals surface area contributed by atoms with Gasteiger partial charge in [-0.25, -0.2) is 23.4 Å². The number of aryl methyl sites for hydroxylation is 1. The minimum atomic E-state index is -0.634. The average molecular weight is 748 g/mol. The van der Waals surface area contributed by atoms with Gasteiger partial charge in [0.25, 0.3) is 0 Å². The molecule has 4 aliphatic heterocycles. The van der Waals surface area contributed by atoms with Crippen molar-refractivity contribution in [1.29, 1.82) is 0 Å². The molecule has 3 saturated heterocycles. The van der Waals surface area contributed by atoms with Crippen LogP contribution in [0, 0.1) is 18.6 Å². The predicted octanol–water partition coefficient (Wildman–Crippen LogP) is 3.31. The first kappa shape index (κ1) is 33.7. The second kappa shape index (κ2) is 12.9. The predicted molar refractivity (Wildman–Crippen MR) is 201 cm³/mol. The molecule has 17 heteroatoms. The Labute approximate surface area is 314 Å². The minimum Gasteiger partial charge on any atom is -0.378 e. The van der Waals surface area contributed by atoms with Crippen molar-refractivity contribution in [1.82, 2.24) is 49.5 Å². The number of amides is 1. The smallest absolute Gasteiger partial charge is 0.245 e. The highest BCUT2D eigenvalue weighted by Crippen LogP contribution is 2.39. The number of halogens is 2. The van der Waals surface area contributed by atoms with E-state index < -0.39 is 23.8 Å². The lowest BCUT2D eigenvalue weighted by Gasteiger charge is -2.53. The summed E-state index contributed by atoms with van der Waals surface area (Å²) in [5.41, 5.74) is 3.12. The Morgan fingerprint density at radius 2 is 1.82 bits per heavy atom. The Bertz CT molecular complexity index is 2470. The number of hydrogen-bond acceptors (Lipinski definition) is 12. The van der Waals surface area contributed by atoms with Gasteiger partial charge in [-0.1, -0.05) is 6.07 Å². The van der Waals surface area contributed by atoms with Crippen LogP contribution < -0.4 is 20.4 Å². The number of pyridine rings is 2. The SMILES string of the molecule is CO[C@H]1CN(C)C(=O)[C@@H]2C[C@@H](CN2c2nc(N3C4CNCC3C4)nc3c2cnn3-c2ccncc2F)Nc2cccc(n2)-c2cc(F)cc3nc(C)n(c23)C1. The molecule has 6 bridgehead atoms. The second-order valence-electron chi connectivity index (χ2n) is 14.9. The summed E-state index contributed by atoms with van der Waals surface area (Å²) >= 11 is 0. The molecule has 9 heterocycles. The summed E-state index contributed by atoms with van der Waals surface area (Å²) < 4.78 is 39.8. The first-order valence-corrected chi connectivity index (χ1v) is 18.5. The molecule has 0 saturated carbocycles. The lowest BCUT2D eigenvalue weighted by atomic mass is 9.89. The molecule has 0 spiro atoms. The van der Waals surface area contributed by atoms with E-state index in [0.29, 0.717) is 70.7 Å². The third-order valence-corrected chi connectivity index (χ3v) is 11.5. The normalized spacial score (nSPS) is 23.8. The van der Waals surface area contributed by atoms with Gasteiger partial charge in [0.2, 0.25) is 11.9 Å². The maximum atomic E-state index is 15.2. The van der Waals surface area contributed by atoms with Gasteiger partial charge in [0, 0.05) is 76.3 Å². The van der Waals surface area contributed by atoms with Crippen LogP contribution in [0.1, 0.15) is 18.7 Å². The van der Waals surface area contributed by atoms with E-state index >= 15 is 8.78 Å². The van der Waals surface area contributed by atoms with E-state index in [0.717, 1.165) is 31.2 Å². The first-order valence-electron chi connectivity index (χ1n) is 18.5. The Morgan fingerprint density at radius 3 is 2.62 bits per heavy atom. The Hall–Kier alpha value is -5.81. The topological polar surface area (TPSA) is 147 Å². The maximum absolute atomic E-state index is 15.2. The van der Waals surface area contributed by atoms with Crippen molar-refractivity contribution in [3.05, 3.63) is 72.4 Å².